The van der Waals surface area contributed by atoms with Gasteiger partial charge >= 0.3 is 0 Å². The summed E-state index contributed by atoms with van der Waals surface area (Å²) in [7, 11) is 6.71. The molecule has 0 bridgehead atoms. The number of fused-ring (bicyclic) bond motifs is 1. The summed E-state index contributed by atoms with van der Waals surface area (Å²) in [5, 5.41) is 0.715. The summed E-state index contributed by atoms with van der Waals surface area (Å²) in [6, 6.07) is 18.2. The Morgan fingerprint density at radius 2 is 1.46 bits per heavy atom. The molecule has 3 aromatic carbocycles. The molecule has 0 saturated carbocycles. The first-order chi connectivity index (χ1) is 18.1. The van der Waals surface area contributed by atoms with Crippen LogP contribution in [0.15, 0.2) is 54.6 Å². The first-order valence-corrected chi connectivity index (χ1v) is 13.0. The number of ether oxygens (including phenoxy) is 5. The fourth-order valence-corrected chi connectivity index (χ4v) is 5.08. The van der Waals surface area contributed by atoms with E-state index in [9.17, 15) is 0 Å². The molecule has 0 spiro atoms. The zero-order valence-electron chi connectivity index (χ0n) is 22.1. The molecule has 1 atom stereocenters. The average molecular weight is 526 g/mol. The lowest BCUT2D eigenvalue weighted by molar-refractivity contribution is 0.174. The van der Waals surface area contributed by atoms with Gasteiger partial charge in [0.15, 0.2) is 23.0 Å². The van der Waals surface area contributed by atoms with Crippen LogP contribution in [0.2, 0.25) is 5.02 Å². The predicted molar refractivity (Wildman–Crippen MR) is 147 cm³/mol. The standard InChI is InChI=1S/C30H36ClNO5/c1-33-27-12-7-21(18-28(27)34-2)17-26-25-20-30(36-4)29(35-3)19-22(25)13-15-32(26)14-5-6-16-37-24-10-8-23(31)9-11-24/h7-12,18-20,26H,5-6,13-17H2,1-4H3. The third-order valence-electron chi connectivity index (χ3n) is 6.91. The summed E-state index contributed by atoms with van der Waals surface area (Å²) in [4.78, 5) is 2.58. The molecule has 1 unspecified atom stereocenters. The molecule has 0 aromatic heterocycles. The lowest BCUT2D eigenvalue weighted by Gasteiger charge is -2.38. The highest BCUT2D eigenvalue weighted by Crippen LogP contribution is 2.40. The molecule has 0 fully saturated rings. The Labute approximate surface area is 225 Å². The number of unbranched alkanes of at least 4 members (excludes halogenated alkanes) is 1. The minimum atomic E-state index is 0.207. The highest BCUT2D eigenvalue weighted by atomic mass is 35.5. The van der Waals surface area contributed by atoms with Crippen molar-refractivity contribution in [3.8, 4) is 28.7 Å². The van der Waals surface area contributed by atoms with Crippen LogP contribution in [0.25, 0.3) is 0 Å². The lowest BCUT2D eigenvalue weighted by atomic mass is 9.88. The van der Waals surface area contributed by atoms with Crippen molar-refractivity contribution >= 4 is 11.6 Å². The summed E-state index contributed by atoms with van der Waals surface area (Å²) in [6.07, 6.45) is 3.84. The highest BCUT2D eigenvalue weighted by molar-refractivity contribution is 6.30. The van der Waals surface area contributed by atoms with E-state index in [1.165, 1.54) is 16.7 Å². The number of rotatable bonds is 12. The van der Waals surface area contributed by atoms with Gasteiger partial charge in [0.1, 0.15) is 5.75 Å². The number of methoxy groups -OCH3 is 4. The van der Waals surface area contributed by atoms with Gasteiger partial charge in [-0.15, -0.1) is 0 Å². The Balaban J connectivity index is 1.50. The third kappa shape index (κ3) is 6.62. The van der Waals surface area contributed by atoms with Crippen molar-refractivity contribution in [3.63, 3.8) is 0 Å². The number of nitrogens with zero attached hydrogens (tertiary/aromatic N) is 1. The van der Waals surface area contributed by atoms with Crippen LogP contribution in [-0.4, -0.2) is 53.0 Å². The van der Waals surface area contributed by atoms with Crippen LogP contribution in [0, 0.1) is 0 Å². The van der Waals surface area contributed by atoms with Crippen LogP contribution >= 0.6 is 11.6 Å². The van der Waals surface area contributed by atoms with Crippen molar-refractivity contribution in [2.24, 2.45) is 0 Å². The van der Waals surface area contributed by atoms with E-state index in [0.29, 0.717) is 11.6 Å². The molecule has 0 aliphatic carbocycles. The fraction of sp³-hybridized carbons (Fsp3) is 0.400. The van der Waals surface area contributed by atoms with Crippen molar-refractivity contribution < 1.29 is 23.7 Å². The molecule has 37 heavy (non-hydrogen) atoms. The second kappa shape index (κ2) is 12.9. The van der Waals surface area contributed by atoms with Crippen LogP contribution in [-0.2, 0) is 12.8 Å². The number of halogens is 1. The van der Waals surface area contributed by atoms with Gasteiger partial charge in [0.2, 0.25) is 0 Å². The van der Waals surface area contributed by atoms with Crippen LogP contribution < -0.4 is 23.7 Å². The smallest absolute Gasteiger partial charge is 0.161 e. The van der Waals surface area contributed by atoms with Gasteiger partial charge in [-0.2, -0.15) is 0 Å². The second-order valence-corrected chi connectivity index (χ2v) is 9.55. The zero-order chi connectivity index (χ0) is 26.2. The summed E-state index contributed by atoms with van der Waals surface area (Å²) < 4.78 is 28.2. The van der Waals surface area contributed by atoms with Crippen LogP contribution in [0.4, 0.5) is 0 Å². The maximum atomic E-state index is 5.97. The van der Waals surface area contributed by atoms with Crippen molar-refractivity contribution in [3.05, 3.63) is 76.3 Å². The molecule has 198 valence electrons. The Kier molecular flexibility index (Phi) is 9.42. The van der Waals surface area contributed by atoms with Gasteiger partial charge in [0, 0.05) is 17.6 Å². The third-order valence-corrected chi connectivity index (χ3v) is 7.16. The molecule has 0 saturated heterocycles. The van der Waals surface area contributed by atoms with E-state index >= 15 is 0 Å². The van der Waals surface area contributed by atoms with Gasteiger partial charge in [-0.25, -0.2) is 0 Å². The monoisotopic (exact) mass is 525 g/mol. The normalized spacial score (nSPS) is 15.1. The maximum absolute atomic E-state index is 5.97. The molecule has 1 aliphatic rings. The van der Waals surface area contributed by atoms with Gasteiger partial charge in [0.05, 0.1) is 35.0 Å². The van der Waals surface area contributed by atoms with E-state index in [1.54, 1.807) is 28.4 Å². The number of benzene rings is 3. The molecule has 3 aromatic rings. The molecular weight excluding hydrogens is 490 g/mol. The minimum absolute atomic E-state index is 0.207. The quantitative estimate of drug-likeness (QED) is 0.256. The molecule has 1 aliphatic heterocycles. The van der Waals surface area contributed by atoms with Gasteiger partial charge in [-0.3, -0.25) is 4.90 Å². The Bertz CT molecular complexity index is 1170. The van der Waals surface area contributed by atoms with Gasteiger partial charge < -0.3 is 23.7 Å². The van der Waals surface area contributed by atoms with Gasteiger partial charge in [-0.05, 0) is 97.4 Å². The summed E-state index contributed by atoms with van der Waals surface area (Å²) in [5.41, 5.74) is 3.79. The maximum Gasteiger partial charge on any atom is 0.161 e. The average Bonchev–Trinajstić information content (AvgIpc) is 2.93. The van der Waals surface area contributed by atoms with Crippen molar-refractivity contribution in [1.29, 1.82) is 0 Å². The Morgan fingerprint density at radius 1 is 0.784 bits per heavy atom. The zero-order valence-corrected chi connectivity index (χ0v) is 22.8. The van der Waals surface area contributed by atoms with Crippen LogP contribution in [0.5, 0.6) is 28.7 Å². The largest absolute Gasteiger partial charge is 0.494 e. The SMILES string of the molecule is COc1ccc(CC2c3cc(OC)c(OC)cc3CCN2CCCCOc2ccc(Cl)cc2)cc1OC. The summed E-state index contributed by atoms with van der Waals surface area (Å²) in [6.45, 7) is 2.64. The van der Waals surface area contributed by atoms with E-state index in [4.69, 9.17) is 35.3 Å². The molecule has 0 radical (unpaired) electrons. The van der Waals surface area contributed by atoms with Crippen LogP contribution in [0.1, 0.15) is 35.6 Å². The molecule has 6 nitrogen and oxygen atoms in total. The predicted octanol–water partition coefficient (Wildman–Crippen LogP) is 6.38. The molecule has 4 rings (SSSR count). The lowest BCUT2D eigenvalue weighted by Crippen LogP contribution is -2.37. The van der Waals surface area contributed by atoms with E-state index < -0.39 is 0 Å². The minimum Gasteiger partial charge on any atom is -0.494 e. The Morgan fingerprint density at radius 3 is 2.16 bits per heavy atom. The topological polar surface area (TPSA) is 49.4 Å². The van der Waals surface area contributed by atoms with E-state index in [-0.39, 0.29) is 6.04 Å². The van der Waals surface area contributed by atoms with Crippen molar-refractivity contribution in [2.75, 3.05) is 48.1 Å². The highest BCUT2D eigenvalue weighted by Gasteiger charge is 2.29. The number of hydrogen-bond donors (Lipinski definition) is 0. The van der Waals surface area contributed by atoms with E-state index in [2.05, 4.69) is 29.2 Å². The molecule has 1 heterocycles. The molecule has 7 heteroatoms. The summed E-state index contributed by atoms with van der Waals surface area (Å²) in [5.74, 6) is 3.87. The molecule has 0 amide bonds. The summed E-state index contributed by atoms with van der Waals surface area (Å²) >= 11 is 5.97. The number of hydrogen-bond acceptors (Lipinski definition) is 6. The van der Waals surface area contributed by atoms with Crippen molar-refractivity contribution in [2.45, 2.75) is 31.7 Å². The van der Waals surface area contributed by atoms with Gasteiger partial charge in [-0.1, -0.05) is 17.7 Å². The Hall–Kier alpha value is -3.09. The second-order valence-electron chi connectivity index (χ2n) is 9.11. The van der Waals surface area contributed by atoms with E-state index in [0.717, 1.165) is 67.5 Å². The van der Waals surface area contributed by atoms with Crippen molar-refractivity contribution in [1.82, 2.24) is 4.90 Å². The van der Waals surface area contributed by atoms with Crippen LogP contribution in [0.3, 0.4) is 0 Å². The molecule has 0 N–H and O–H groups in total. The fourth-order valence-electron chi connectivity index (χ4n) is 4.96. The van der Waals surface area contributed by atoms with Gasteiger partial charge in [0.25, 0.3) is 0 Å². The first kappa shape index (κ1) is 27.0. The first-order valence-electron chi connectivity index (χ1n) is 12.6. The molecular formula is C30H36ClNO5. The van der Waals surface area contributed by atoms with E-state index in [1.807, 2.05) is 30.3 Å².